The lowest BCUT2D eigenvalue weighted by Gasteiger charge is -2.29. The minimum atomic E-state index is -1.87. The lowest BCUT2D eigenvalue weighted by atomic mass is 9.98. The zero-order valence-corrected chi connectivity index (χ0v) is 16.1. The lowest BCUT2D eigenvalue weighted by molar-refractivity contribution is -0.298. The van der Waals surface area contributed by atoms with Gasteiger partial charge in [-0.05, 0) is 17.9 Å². The van der Waals surface area contributed by atoms with E-state index >= 15 is 0 Å². The van der Waals surface area contributed by atoms with Gasteiger partial charge in [0.05, 0.1) is 25.9 Å². The van der Waals surface area contributed by atoms with Crippen LogP contribution in [0.3, 0.4) is 0 Å². The Balaban J connectivity index is 1.94. The van der Waals surface area contributed by atoms with Crippen LogP contribution in [0.2, 0.25) is 0 Å². The summed E-state index contributed by atoms with van der Waals surface area (Å²) in [6, 6.07) is 10.2. The number of benzene rings is 1. The Hall–Kier alpha value is -2.09. The van der Waals surface area contributed by atoms with E-state index in [0.29, 0.717) is 0 Å². The van der Waals surface area contributed by atoms with E-state index in [0.717, 1.165) is 11.6 Å². The molecule has 7 heteroatoms. The topological polar surface area (TPSA) is 62.6 Å². The molecular formula is C20H25FN2O4. The van der Waals surface area contributed by atoms with Gasteiger partial charge in [0.2, 0.25) is 5.95 Å². The highest BCUT2D eigenvalue weighted by Crippen LogP contribution is 2.30. The van der Waals surface area contributed by atoms with Crippen LogP contribution in [0.1, 0.15) is 49.8 Å². The van der Waals surface area contributed by atoms with E-state index in [1.54, 1.807) is 0 Å². The molecule has 1 saturated heterocycles. The van der Waals surface area contributed by atoms with Gasteiger partial charge >= 0.3 is 5.97 Å². The number of carbonyl (C=O) groups excluding carboxylic acids is 1. The zero-order chi connectivity index (χ0) is 19.7. The number of rotatable bonds is 6. The van der Waals surface area contributed by atoms with Crippen LogP contribution in [0.5, 0.6) is 0 Å². The fraction of sp³-hybridized carbons (Fsp3) is 0.500. The molecule has 6 nitrogen and oxygen atoms in total. The van der Waals surface area contributed by atoms with Crippen molar-refractivity contribution in [2.24, 2.45) is 5.41 Å². The Morgan fingerprint density at radius 3 is 2.52 bits per heavy atom. The summed E-state index contributed by atoms with van der Waals surface area (Å²) in [6.07, 6.45) is 0. The maximum atomic E-state index is 14.0. The zero-order valence-electron chi connectivity index (χ0n) is 16.1. The second kappa shape index (κ2) is 7.50. The normalized spacial score (nSPS) is 17.8. The van der Waals surface area contributed by atoms with Gasteiger partial charge < -0.3 is 14.2 Å². The van der Waals surface area contributed by atoms with Crippen molar-refractivity contribution in [3.05, 3.63) is 53.6 Å². The van der Waals surface area contributed by atoms with Crippen LogP contribution in [-0.2, 0) is 14.2 Å². The molecule has 0 aliphatic carbocycles. The van der Waals surface area contributed by atoms with Crippen molar-refractivity contribution < 1.29 is 23.4 Å². The summed E-state index contributed by atoms with van der Waals surface area (Å²) in [5.74, 6) is -3.21. The highest BCUT2D eigenvalue weighted by atomic mass is 19.1. The third kappa shape index (κ3) is 4.26. The van der Waals surface area contributed by atoms with Crippen LogP contribution < -0.4 is 0 Å². The van der Waals surface area contributed by atoms with Crippen molar-refractivity contribution in [2.75, 3.05) is 19.8 Å². The molecule has 1 aromatic carbocycles. The van der Waals surface area contributed by atoms with Crippen molar-refractivity contribution in [2.45, 2.75) is 39.7 Å². The molecule has 0 radical (unpaired) electrons. The molecule has 0 amide bonds. The van der Waals surface area contributed by atoms with E-state index in [9.17, 15) is 9.18 Å². The Morgan fingerprint density at radius 2 is 1.93 bits per heavy atom. The maximum Gasteiger partial charge on any atom is 0.353 e. The minimum absolute atomic E-state index is 0.0414. The van der Waals surface area contributed by atoms with Crippen molar-refractivity contribution >= 4 is 5.78 Å². The Kier molecular flexibility index (Phi) is 5.46. The summed E-state index contributed by atoms with van der Waals surface area (Å²) >= 11 is 0. The molecule has 27 heavy (non-hydrogen) atoms. The highest BCUT2D eigenvalue weighted by molar-refractivity contribution is 5.99. The van der Waals surface area contributed by atoms with Gasteiger partial charge in [-0.2, -0.15) is 4.39 Å². The van der Waals surface area contributed by atoms with Gasteiger partial charge in [0.1, 0.15) is 5.69 Å². The van der Waals surface area contributed by atoms with Gasteiger partial charge in [-0.15, -0.1) is 5.10 Å². The van der Waals surface area contributed by atoms with Crippen LogP contribution in [0.15, 0.2) is 36.4 Å². The number of ether oxygens (including phenoxy) is 3. The first-order chi connectivity index (χ1) is 12.7. The molecule has 0 saturated carbocycles. The van der Waals surface area contributed by atoms with Crippen LogP contribution in [0, 0.1) is 11.4 Å². The van der Waals surface area contributed by atoms with Gasteiger partial charge in [-0.3, -0.25) is 9.48 Å². The Labute approximate surface area is 158 Å². The van der Waals surface area contributed by atoms with E-state index in [-0.39, 0.29) is 37.0 Å². The first-order valence-corrected chi connectivity index (χ1v) is 8.98. The summed E-state index contributed by atoms with van der Waals surface area (Å²) in [7, 11) is 0. The van der Waals surface area contributed by atoms with E-state index in [1.165, 1.54) is 4.68 Å². The number of halogens is 1. The number of ketones is 1. The largest absolute Gasteiger partial charge is 0.353 e. The average Bonchev–Trinajstić information content (AvgIpc) is 3.26. The summed E-state index contributed by atoms with van der Waals surface area (Å²) in [5, 5.41) is 3.88. The SMILES string of the molecule is C[C@H](c1ccccc1)n1nc(F)cc1C(=O)C1(OCC(C)(C)C)OCCO1. The van der Waals surface area contributed by atoms with Crippen LogP contribution in [0.25, 0.3) is 0 Å². The van der Waals surface area contributed by atoms with E-state index in [1.807, 2.05) is 58.0 Å². The van der Waals surface area contributed by atoms with Crippen LogP contribution in [0.4, 0.5) is 4.39 Å². The number of aromatic nitrogens is 2. The van der Waals surface area contributed by atoms with E-state index in [2.05, 4.69) is 5.10 Å². The second-order valence-electron chi connectivity index (χ2n) is 7.82. The predicted octanol–water partition coefficient (Wildman–Crippen LogP) is 3.58. The minimum Gasteiger partial charge on any atom is -0.320 e. The molecular weight excluding hydrogens is 351 g/mol. The first-order valence-electron chi connectivity index (χ1n) is 8.98. The van der Waals surface area contributed by atoms with Gasteiger partial charge in [0.25, 0.3) is 5.78 Å². The van der Waals surface area contributed by atoms with Gasteiger partial charge in [0.15, 0.2) is 0 Å². The molecule has 1 fully saturated rings. The number of Topliss-reactive ketones (excluding diaryl/α,β-unsaturated/α-hetero) is 1. The molecule has 0 unspecified atom stereocenters. The molecule has 3 rings (SSSR count). The van der Waals surface area contributed by atoms with Crippen LogP contribution >= 0.6 is 0 Å². The second-order valence-corrected chi connectivity index (χ2v) is 7.82. The molecule has 1 aliphatic rings. The average molecular weight is 376 g/mol. The van der Waals surface area contributed by atoms with Gasteiger partial charge in [-0.1, -0.05) is 51.1 Å². The van der Waals surface area contributed by atoms with E-state index < -0.39 is 17.7 Å². The van der Waals surface area contributed by atoms with Gasteiger partial charge in [0, 0.05) is 6.07 Å². The lowest BCUT2D eigenvalue weighted by Crippen LogP contribution is -2.45. The third-order valence-corrected chi connectivity index (χ3v) is 4.23. The van der Waals surface area contributed by atoms with Gasteiger partial charge in [-0.25, -0.2) is 0 Å². The maximum absolute atomic E-state index is 14.0. The first kappa shape index (κ1) is 19.7. The Bertz CT molecular complexity index is 792. The molecule has 0 bridgehead atoms. The number of hydrogen-bond donors (Lipinski definition) is 0. The Morgan fingerprint density at radius 1 is 1.30 bits per heavy atom. The van der Waals surface area contributed by atoms with Crippen molar-refractivity contribution in [1.29, 1.82) is 0 Å². The monoisotopic (exact) mass is 376 g/mol. The molecule has 1 atom stereocenters. The molecule has 0 spiro atoms. The molecule has 2 heterocycles. The molecule has 1 aromatic heterocycles. The third-order valence-electron chi connectivity index (χ3n) is 4.23. The summed E-state index contributed by atoms with van der Waals surface area (Å²) < 4.78 is 32.2. The van der Waals surface area contributed by atoms with Crippen molar-refractivity contribution in [3.63, 3.8) is 0 Å². The predicted molar refractivity (Wildman–Crippen MR) is 96.8 cm³/mol. The smallest absolute Gasteiger partial charge is 0.320 e. The summed E-state index contributed by atoms with van der Waals surface area (Å²) in [4.78, 5) is 13.3. The fourth-order valence-corrected chi connectivity index (χ4v) is 2.84. The van der Waals surface area contributed by atoms with Crippen LogP contribution in [-0.4, -0.2) is 41.4 Å². The summed E-state index contributed by atoms with van der Waals surface area (Å²) in [6.45, 7) is 8.45. The quantitative estimate of drug-likeness (QED) is 0.721. The molecule has 0 N–H and O–H groups in total. The molecule has 1 aliphatic heterocycles. The van der Waals surface area contributed by atoms with E-state index in [4.69, 9.17) is 14.2 Å². The number of carbonyl (C=O) groups is 1. The molecule has 2 aromatic rings. The molecule has 146 valence electrons. The highest BCUT2D eigenvalue weighted by Gasteiger charge is 2.49. The number of nitrogens with zero attached hydrogens (tertiary/aromatic N) is 2. The fourth-order valence-electron chi connectivity index (χ4n) is 2.84. The van der Waals surface area contributed by atoms with Crippen molar-refractivity contribution in [3.8, 4) is 0 Å². The summed E-state index contributed by atoms with van der Waals surface area (Å²) in [5.41, 5.74) is 0.734. The number of hydrogen-bond acceptors (Lipinski definition) is 5. The standard InChI is InChI=1S/C20H25FN2O4/c1-14(15-8-6-5-7-9-15)23-16(12-17(21)22-23)18(24)20(25-10-11-26-20)27-13-19(2,3)4/h5-9,12,14H,10-11,13H2,1-4H3/t14-/m1/s1. The van der Waals surface area contributed by atoms with Crippen molar-refractivity contribution in [1.82, 2.24) is 9.78 Å².